The Labute approximate surface area is 199 Å². The number of hydrogen-bond acceptors (Lipinski definition) is 5. The topological polar surface area (TPSA) is 63.1 Å². The second-order valence-corrected chi connectivity index (χ2v) is 9.00. The molecule has 1 heterocycles. The molecule has 3 aromatic rings. The highest BCUT2D eigenvalue weighted by molar-refractivity contribution is 8.14. The van der Waals surface area contributed by atoms with Crippen molar-refractivity contribution >= 4 is 39.8 Å². The zero-order valence-corrected chi connectivity index (χ0v) is 19.9. The van der Waals surface area contributed by atoms with E-state index >= 15 is 0 Å². The first-order chi connectivity index (χ1) is 16.0. The summed E-state index contributed by atoms with van der Waals surface area (Å²) in [5.74, 6) is 1.07. The van der Waals surface area contributed by atoms with Crippen LogP contribution in [0.2, 0.25) is 0 Å². The number of carbonyl (C=O) groups is 1. The molecule has 1 N–H and O–H groups in total. The molecular formula is C27H27N3O2S. The van der Waals surface area contributed by atoms with Gasteiger partial charge in [0.05, 0.1) is 35.0 Å². The number of methoxy groups -OCH3 is 1. The van der Waals surface area contributed by atoms with Crippen molar-refractivity contribution in [2.45, 2.75) is 26.8 Å². The predicted molar refractivity (Wildman–Crippen MR) is 138 cm³/mol. The maximum absolute atomic E-state index is 12.5. The summed E-state index contributed by atoms with van der Waals surface area (Å²) in [6.45, 7) is 4.68. The van der Waals surface area contributed by atoms with Gasteiger partial charge in [0, 0.05) is 18.5 Å². The molecule has 0 atom stereocenters. The van der Waals surface area contributed by atoms with Gasteiger partial charge < -0.3 is 10.1 Å². The molecule has 1 amide bonds. The molecule has 168 valence electrons. The highest BCUT2D eigenvalue weighted by Crippen LogP contribution is 2.36. The van der Waals surface area contributed by atoms with Gasteiger partial charge in [0.2, 0.25) is 5.91 Å². The van der Waals surface area contributed by atoms with Crippen LogP contribution < -0.4 is 10.1 Å². The Morgan fingerprint density at radius 2 is 1.70 bits per heavy atom. The van der Waals surface area contributed by atoms with Crippen LogP contribution in [-0.4, -0.2) is 29.5 Å². The van der Waals surface area contributed by atoms with Crippen molar-refractivity contribution in [1.29, 1.82) is 0 Å². The van der Waals surface area contributed by atoms with E-state index in [1.54, 1.807) is 7.11 Å². The van der Waals surface area contributed by atoms with Crippen molar-refractivity contribution in [1.82, 2.24) is 5.32 Å². The number of thioether (sulfide) groups is 1. The lowest BCUT2D eigenvalue weighted by molar-refractivity contribution is -0.118. The Kier molecular flexibility index (Phi) is 7.25. The molecule has 4 rings (SSSR count). The van der Waals surface area contributed by atoms with Crippen LogP contribution in [0, 0.1) is 13.8 Å². The van der Waals surface area contributed by atoms with Crippen molar-refractivity contribution in [3.8, 4) is 5.75 Å². The van der Waals surface area contributed by atoms with Gasteiger partial charge in [-0.15, -0.1) is 11.8 Å². The standard InChI is InChI=1S/C27H27N3O2S/c1-18-12-24-25(13-19(18)2)30-27(15-23(29-24)21-10-7-11-22(14-21)32-3)33-17-26(31)28-16-20-8-5-4-6-9-20/h4-14H,15-17H2,1-3H3,(H,28,31). The minimum Gasteiger partial charge on any atom is -0.497 e. The van der Waals surface area contributed by atoms with Crippen LogP contribution in [0.3, 0.4) is 0 Å². The Morgan fingerprint density at radius 3 is 2.42 bits per heavy atom. The summed E-state index contributed by atoms with van der Waals surface area (Å²) in [6.07, 6.45) is 0.552. The van der Waals surface area contributed by atoms with Gasteiger partial charge in [-0.2, -0.15) is 0 Å². The summed E-state index contributed by atoms with van der Waals surface area (Å²) >= 11 is 1.46. The molecule has 6 heteroatoms. The van der Waals surface area contributed by atoms with Gasteiger partial charge in [0.25, 0.3) is 0 Å². The van der Waals surface area contributed by atoms with Crippen LogP contribution in [0.15, 0.2) is 76.7 Å². The molecule has 0 radical (unpaired) electrons. The number of amides is 1. The van der Waals surface area contributed by atoms with Gasteiger partial charge in [-0.1, -0.05) is 42.5 Å². The van der Waals surface area contributed by atoms with E-state index in [2.05, 4.69) is 31.3 Å². The molecule has 0 unspecified atom stereocenters. The van der Waals surface area contributed by atoms with Gasteiger partial charge in [-0.05, 0) is 54.8 Å². The number of aryl methyl sites for hydroxylation is 2. The SMILES string of the molecule is COc1cccc(C2=Nc3cc(C)c(C)cc3N=C(SCC(=O)NCc3ccccc3)C2)c1. The molecule has 0 saturated carbocycles. The first-order valence-corrected chi connectivity index (χ1v) is 11.8. The lowest BCUT2D eigenvalue weighted by Gasteiger charge is -2.09. The molecule has 0 bridgehead atoms. The van der Waals surface area contributed by atoms with Crippen LogP contribution in [0.1, 0.15) is 28.7 Å². The second kappa shape index (κ2) is 10.5. The number of benzene rings is 3. The molecule has 0 aliphatic carbocycles. The van der Waals surface area contributed by atoms with Gasteiger partial charge in [0.15, 0.2) is 0 Å². The molecule has 0 saturated heterocycles. The Hall–Kier alpha value is -3.38. The molecular weight excluding hydrogens is 430 g/mol. The number of ether oxygens (including phenoxy) is 1. The van der Waals surface area contributed by atoms with Crippen molar-refractivity contribution in [2.24, 2.45) is 9.98 Å². The summed E-state index contributed by atoms with van der Waals surface area (Å²) in [7, 11) is 1.66. The monoisotopic (exact) mass is 457 g/mol. The normalized spacial score (nSPS) is 12.8. The van der Waals surface area contributed by atoms with Crippen LogP contribution in [-0.2, 0) is 11.3 Å². The average Bonchev–Trinajstić information content (AvgIpc) is 3.01. The Balaban J connectivity index is 1.55. The van der Waals surface area contributed by atoms with E-state index in [1.165, 1.54) is 22.9 Å². The number of carbonyl (C=O) groups excluding carboxylic acids is 1. The van der Waals surface area contributed by atoms with E-state index in [4.69, 9.17) is 14.7 Å². The molecule has 1 aliphatic heterocycles. The molecule has 0 fully saturated rings. The van der Waals surface area contributed by atoms with Crippen LogP contribution in [0.5, 0.6) is 5.75 Å². The summed E-state index contributed by atoms with van der Waals surface area (Å²) in [5.41, 5.74) is 7.00. The van der Waals surface area contributed by atoms with E-state index in [1.807, 2.05) is 54.6 Å². The van der Waals surface area contributed by atoms with E-state index < -0.39 is 0 Å². The fourth-order valence-corrected chi connectivity index (χ4v) is 4.32. The maximum Gasteiger partial charge on any atom is 0.230 e. The molecule has 0 spiro atoms. The summed E-state index contributed by atoms with van der Waals surface area (Å²) in [6, 6.07) is 22.0. The Morgan fingerprint density at radius 1 is 0.970 bits per heavy atom. The van der Waals surface area contributed by atoms with Crippen LogP contribution in [0.4, 0.5) is 11.4 Å². The maximum atomic E-state index is 12.5. The number of aliphatic imine (C=N–C) groups is 2. The van der Waals surface area contributed by atoms with E-state index in [0.717, 1.165) is 39.0 Å². The summed E-state index contributed by atoms with van der Waals surface area (Å²) < 4.78 is 5.41. The molecule has 33 heavy (non-hydrogen) atoms. The van der Waals surface area contributed by atoms with Crippen molar-refractivity contribution in [3.63, 3.8) is 0 Å². The van der Waals surface area contributed by atoms with E-state index in [-0.39, 0.29) is 5.91 Å². The fourth-order valence-electron chi connectivity index (χ4n) is 3.52. The van der Waals surface area contributed by atoms with Crippen molar-refractivity contribution in [3.05, 3.63) is 89.0 Å². The third kappa shape index (κ3) is 5.90. The lowest BCUT2D eigenvalue weighted by Crippen LogP contribution is -2.25. The number of fused-ring (bicyclic) bond motifs is 1. The predicted octanol–water partition coefficient (Wildman–Crippen LogP) is 5.92. The zero-order chi connectivity index (χ0) is 23.2. The first kappa shape index (κ1) is 22.8. The highest BCUT2D eigenvalue weighted by atomic mass is 32.2. The average molecular weight is 458 g/mol. The second-order valence-electron chi connectivity index (χ2n) is 7.95. The molecule has 3 aromatic carbocycles. The first-order valence-electron chi connectivity index (χ1n) is 10.9. The van der Waals surface area contributed by atoms with Crippen molar-refractivity contribution in [2.75, 3.05) is 12.9 Å². The van der Waals surface area contributed by atoms with Crippen LogP contribution >= 0.6 is 11.8 Å². The quantitative estimate of drug-likeness (QED) is 0.500. The summed E-state index contributed by atoms with van der Waals surface area (Å²) in [5, 5.41) is 3.86. The van der Waals surface area contributed by atoms with E-state index in [9.17, 15) is 4.79 Å². The number of nitrogens with zero attached hydrogens (tertiary/aromatic N) is 2. The van der Waals surface area contributed by atoms with Gasteiger partial charge in [-0.25, -0.2) is 4.99 Å². The summed E-state index contributed by atoms with van der Waals surface area (Å²) in [4.78, 5) is 22.4. The lowest BCUT2D eigenvalue weighted by atomic mass is 10.1. The largest absolute Gasteiger partial charge is 0.497 e. The van der Waals surface area contributed by atoms with Gasteiger partial charge in [-0.3, -0.25) is 9.79 Å². The van der Waals surface area contributed by atoms with E-state index in [0.29, 0.717) is 18.7 Å². The molecule has 1 aliphatic rings. The number of hydrogen-bond donors (Lipinski definition) is 1. The molecule has 0 aromatic heterocycles. The van der Waals surface area contributed by atoms with Crippen molar-refractivity contribution < 1.29 is 9.53 Å². The minimum atomic E-state index is -0.0176. The van der Waals surface area contributed by atoms with Crippen LogP contribution in [0.25, 0.3) is 0 Å². The minimum absolute atomic E-state index is 0.0176. The highest BCUT2D eigenvalue weighted by Gasteiger charge is 2.18. The third-order valence-corrected chi connectivity index (χ3v) is 6.49. The number of rotatable bonds is 6. The Bertz CT molecular complexity index is 1220. The smallest absolute Gasteiger partial charge is 0.230 e. The number of nitrogens with one attached hydrogen (secondary N) is 1. The zero-order valence-electron chi connectivity index (χ0n) is 19.1. The van der Waals surface area contributed by atoms with Gasteiger partial charge in [0.1, 0.15) is 5.75 Å². The molecule has 5 nitrogen and oxygen atoms in total. The third-order valence-electron chi connectivity index (χ3n) is 5.52. The van der Waals surface area contributed by atoms with Gasteiger partial charge >= 0.3 is 0 Å². The fraction of sp³-hybridized carbons (Fsp3) is 0.222.